The number of nitrogens with zero attached hydrogens (tertiary/aromatic N) is 1. The summed E-state index contributed by atoms with van der Waals surface area (Å²) in [6.07, 6.45) is 12.1. The number of halogens is 2. The maximum absolute atomic E-state index is 3.82. The molecular weight excluding hydrogens is 462 g/mol. The van der Waals surface area contributed by atoms with Gasteiger partial charge in [0, 0.05) is 33.0 Å². The lowest BCUT2D eigenvalue weighted by molar-refractivity contribution is 0.335. The molecule has 0 fully saturated rings. The third-order valence-corrected chi connectivity index (χ3v) is 8.01. The van der Waals surface area contributed by atoms with Crippen LogP contribution in [0.3, 0.4) is 0 Å². The molecule has 0 radical (unpaired) electrons. The SMILES string of the molecule is Brc1ccc(C2C3CC=CC3c3cc(Br)cc4c3N2CC2CC=CC42)cc1. The lowest BCUT2D eigenvalue weighted by atomic mass is 9.71. The van der Waals surface area contributed by atoms with Gasteiger partial charge in [0.05, 0.1) is 6.04 Å². The number of fused-ring (bicyclic) bond motifs is 4. The molecule has 3 heteroatoms. The van der Waals surface area contributed by atoms with Gasteiger partial charge >= 0.3 is 0 Å². The van der Waals surface area contributed by atoms with Crippen LogP contribution in [-0.4, -0.2) is 6.54 Å². The second kappa shape index (κ2) is 6.09. The highest BCUT2D eigenvalue weighted by atomic mass is 79.9. The Labute approximate surface area is 177 Å². The third kappa shape index (κ3) is 2.40. The second-order valence-electron chi connectivity index (χ2n) is 8.38. The Morgan fingerprint density at radius 3 is 2.33 bits per heavy atom. The van der Waals surface area contributed by atoms with Crippen LogP contribution in [0.15, 0.2) is 69.6 Å². The van der Waals surface area contributed by atoms with Crippen molar-refractivity contribution >= 4 is 37.5 Å². The molecule has 0 saturated heterocycles. The number of anilines is 1. The minimum absolute atomic E-state index is 0.465. The number of benzene rings is 2. The smallest absolute Gasteiger partial charge is 0.0582 e. The van der Waals surface area contributed by atoms with E-state index >= 15 is 0 Å². The molecule has 6 rings (SSSR count). The van der Waals surface area contributed by atoms with Crippen molar-refractivity contribution in [2.24, 2.45) is 11.8 Å². The molecule has 2 aromatic rings. The highest BCUT2D eigenvalue weighted by molar-refractivity contribution is 9.10. The van der Waals surface area contributed by atoms with Gasteiger partial charge in [0.2, 0.25) is 0 Å². The zero-order valence-electron chi connectivity index (χ0n) is 15.0. The normalized spacial score (nSPS) is 32.4. The first-order chi connectivity index (χ1) is 13.2. The van der Waals surface area contributed by atoms with E-state index in [1.807, 2.05) is 0 Å². The molecule has 2 aliphatic carbocycles. The Morgan fingerprint density at radius 1 is 0.815 bits per heavy atom. The van der Waals surface area contributed by atoms with E-state index < -0.39 is 0 Å². The highest BCUT2D eigenvalue weighted by Crippen LogP contribution is 2.59. The molecule has 2 aliphatic heterocycles. The van der Waals surface area contributed by atoms with E-state index in [0.29, 0.717) is 29.7 Å². The quantitative estimate of drug-likeness (QED) is 0.391. The Morgan fingerprint density at radius 2 is 1.52 bits per heavy atom. The maximum Gasteiger partial charge on any atom is 0.0582 e. The molecule has 2 heterocycles. The molecule has 27 heavy (non-hydrogen) atoms. The molecule has 1 nitrogen and oxygen atoms in total. The van der Waals surface area contributed by atoms with Crippen molar-refractivity contribution in [3.05, 3.63) is 86.3 Å². The van der Waals surface area contributed by atoms with Gasteiger partial charge in [-0.3, -0.25) is 0 Å². The number of rotatable bonds is 1. The molecule has 5 atom stereocenters. The van der Waals surface area contributed by atoms with Crippen LogP contribution in [0.5, 0.6) is 0 Å². The van der Waals surface area contributed by atoms with Crippen molar-refractivity contribution in [1.29, 1.82) is 0 Å². The van der Waals surface area contributed by atoms with Crippen LogP contribution in [0.1, 0.15) is 47.4 Å². The van der Waals surface area contributed by atoms with Crippen molar-refractivity contribution in [3.63, 3.8) is 0 Å². The summed E-state index contributed by atoms with van der Waals surface area (Å²) in [6, 6.07) is 14.3. The molecule has 0 aromatic heterocycles. The summed E-state index contributed by atoms with van der Waals surface area (Å²) < 4.78 is 2.39. The first kappa shape index (κ1) is 16.6. The summed E-state index contributed by atoms with van der Waals surface area (Å²) >= 11 is 7.43. The van der Waals surface area contributed by atoms with Crippen LogP contribution >= 0.6 is 31.9 Å². The van der Waals surface area contributed by atoms with Gasteiger partial charge in [-0.05, 0) is 65.6 Å². The molecule has 0 saturated carbocycles. The van der Waals surface area contributed by atoms with E-state index in [2.05, 4.69) is 97.5 Å². The van der Waals surface area contributed by atoms with E-state index in [0.717, 1.165) is 4.47 Å². The van der Waals surface area contributed by atoms with E-state index in [1.165, 1.54) is 46.2 Å². The van der Waals surface area contributed by atoms with Crippen molar-refractivity contribution in [3.8, 4) is 0 Å². The fourth-order valence-corrected chi connectivity index (χ4v) is 6.74. The van der Waals surface area contributed by atoms with E-state index in [1.54, 1.807) is 0 Å². The van der Waals surface area contributed by atoms with Crippen LogP contribution in [0.25, 0.3) is 0 Å². The van der Waals surface area contributed by atoms with Gasteiger partial charge in [0.15, 0.2) is 0 Å². The lowest BCUT2D eigenvalue weighted by Gasteiger charge is -2.51. The first-order valence-electron chi connectivity index (χ1n) is 9.89. The molecule has 0 bridgehead atoms. The van der Waals surface area contributed by atoms with Crippen LogP contribution in [0, 0.1) is 11.8 Å². The average molecular weight is 483 g/mol. The summed E-state index contributed by atoms with van der Waals surface area (Å²) in [4.78, 5) is 2.77. The molecule has 0 N–H and O–H groups in total. The largest absolute Gasteiger partial charge is 0.363 e. The monoisotopic (exact) mass is 481 g/mol. The number of hydrogen-bond acceptors (Lipinski definition) is 1. The van der Waals surface area contributed by atoms with Gasteiger partial charge in [-0.1, -0.05) is 68.3 Å². The minimum atomic E-state index is 0.465. The van der Waals surface area contributed by atoms with Gasteiger partial charge in [-0.15, -0.1) is 0 Å². The van der Waals surface area contributed by atoms with Crippen LogP contribution in [0.4, 0.5) is 5.69 Å². The minimum Gasteiger partial charge on any atom is -0.363 e. The molecule has 136 valence electrons. The van der Waals surface area contributed by atoms with Crippen LogP contribution < -0.4 is 4.90 Å². The Balaban J connectivity index is 1.59. The number of allylic oxidation sites excluding steroid dienone is 4. The Hall–Kier alpha value is -1.32. The average Bonchev–Trinajstić information content (AvgIpc) is 3.32. The lowest BCUT2D eigenvalue weighted by Crippen LogP contribution is -2.46. The van der Waals surface area contributed by atoms with Crippen LogP contribution in [0.2, 0.25) is 0 Å². The zero-order valence-corrected chi connectivity index (χ0v) is 18.2. The maximum atomic E-state index is 3.82. The summed E-state index contributed by atoms with van der Waals surface area (Å²) in [5, 5.41) is 0. The Kier molecular flexibility index (Phi) is 3.75. The van der Waals surface area contributed by atoms with E-state index in [4.69, 9.17) is 0 Å². The topological polar surface area (TPSA) is 3.24 Å². The standard InChI is InChI=1S/C24H21Br2N/c25-16-9-7-14(8-10-16)23-20-6-2-5-19(20)22-12-17(26)11-21-18-4-1-3-15(18)13-27(23)24(21)22/h1-2,4-5,7-12,15,18-20,23H,3,6,13H2. The summed E-state index contributed by atoms with van der Waals surface area (Å²) in [6.45, 7) is 1.17. The van der Waals surface area contributed by atoms with Gasteiger partial charge in [0.25, 0.3) is 0 Å². The summed E-state index contributed by atoms with van der Waals surface area (Å²) in [5.74, 6) is 2.46. The van der Waals surface area contributed by atoms with E-state index in [-0.39, 0.29) is 0 Å². The molecule has 4 aliphatic rings. The van der Waals surface area contributed by atoms with Gasteiger partial charge in [-0.2, -0.15) is 0 Å². The Bertz CT molecular complexity index is 957. The van der Waals surface area contributed by atoms with Crippen molar-refractivity contribution in [2.45, 2.75) is 30.7 Å². The predicted octanol–water partition coefficient (Wildman–Crippen LogP) is 7.11. The predicted molar refractivity (Wildman–Crippen MR) is 118 cm³/mol. The molecule has 2 aromatic carbocycles. The van der Waals surface area contributed by atoms with Gasteiger partial charge in [-0.25, -0.2) is 0 Å². The van der Waals surface area contributed by atoms with Gasteiger partial charge in [0.1, 0.15) is 0 Å². The molecule has 0 spiro atoms. The number of hydrogen-bond donors (Lipinski definition) is 0. The second-order valence-corrected chi connectivity index (χ2v) is 10.2. The summed E-state index contributed by atoms with van der Waals surface area (Å²) in [5.41, 5.74) is 6.04. The fourth-order valence-electron chi connectivity index (χ4n) is 5.98. The first-order valence-corrected chi connectivity index (χ1v) is 11.5. The summed E-state index contributed by atoms with van der Waals surface area (Å²) in [7, 11) is 0. The zero-order chi connectivity index (χ0) is 18.1. The van der Waals surface area contributed by atoms with Crippen LogP contribution in [-0.2, 0) is 0 Å². The van der Waals surface area contributed by atoms with E-state index in [9.17, 15) is 0 Å². The van der Waals surface area contributed by atoms with Crippen molar-refractivity contribution < 1.29 is 0 Å². The molecular formula is C24H21Br2N. The fraction of sp³-hybridized carbons (Fsp3) is 0.333. The van der Waals surface area contributed by atoms with Gasteiger partial charge < -0.3 is 4.90 Å². The van der Waals surface area contributed by atoms with Crippen molar-refractivity contribution in [2.75, 3.05) is 11.4 Å². The molecule has 5 unspecified atom stereocenters. The third-order valence-electron chi connectivity index (χ3n) is 7.03. The van der Waals surface area contributed by atoms with Crippen molar-refractivity contribution in [1.82, 2.24) is 0 Å². The highest BCUT2D eigenvalue weighted by Gasteiger charge is 2.47. The molecule has 0 amide bonds.